The van der Waals surface area contributed by atoms with Crippen molar-refractivity contribution in [1.82, 2.24) is 0 Å². The van der Waals surface area contributed by atoms with E-state index in [4.69, 9.17) is 14.4 Å². The summed E-state index contributed by atoms with van der Waals surface area (Å²) >= 11 is 0. The molecule has 1 heterocycles. The second-order valence-corrected chi connectivity index (χ2v) is 13.0. The van der Waals surface area contributed by atoms with Crippen LogP contribution in [0.2, 0.25) is 18.1 Å². The van der Waals surface area contributed by atoms with E-state index in [0.717, 1.165) is 12.8 Å². The average Bonchev–Trinajstić information content (AvgIpc) is 2.75. The first-order valence-electron chi connectivity index (χ1n) is 9.15. The fourth-order valence-corrected chi connectivity index (χ4v) is 4.09. The van der Waals surface area contributed by atoms with E-state index in [9.17, 15) is 5.11 Å². The number of nitrogens with zero attached hydrogens (tertiary/aromatic N) is 1. The van der Waals surface area contributed by atoms with Crippen LogP contribution in [-0.2, 0) is 9.16 Å². The molecule has 0 bridgehead atoms. The van der Waals surface area contributed by atoms with Crippen LogP contribution in [0, 0.1) is 11.3 Å². The zero-order valence-electron chi connectivity index (χ0n) is 16.2. The van der Waals surface area contributed by atoms with Gasteiger partial charge in [-0.2, -0.15) is 5.26 Å². The van der Waals surface area contributed by atoms with Gasteiger partial charge in [0, 0.05) is 6.42 Å². The fourth-order valence-electron chi connectivity index (χ4n) is 2.66. The van der Waals surface area contributed by atoms with E-state index in [1.165, 1.54) is 0 Å². The highest BCUT2D eigenvalue weighted by Crippen LogP contribution is 2.38. The molecule has 0 aromatic carbocycles. The number of nitriles is 1. The first-order valence-corrected chi connectivity index (χ1v) is 12.1. The van der Waals surface area contributed by atoms with Crippen LogP contribution in [0.1, 0.15) is 59.8 Å². The van der Waals surface area contributed by atoms with E-state index in [2.05, 4.69) is 59.0 Å². The normalized spacial score (nSPS) is 24.9. The van der Waals surface area contributed by atoms with Gasteiger partial charge in [-0.3, -0.25) is 0 Å². The molecular weight excluding hydrogens is 318 g/mol. The molecule has 4 nitrogen and oxygen atoms in total. The SMILES string of the molecule is CC[C@@H](O[Si](C)(C)C(C)(C)C)[C@@H]1CC=CC[C@H]([C@@H](O)CCC#N)O1. The molecular formula is C19H35NO3Si. The average molecular weight is 354 g/mol. The summed E-state index contributed by atoms with van der Waals surface area (Å²) in [5, 5.41) is 19.2. The first-order chi connectivity index (χ1) is 11.1. The molecule has 1 aliphatic heterocycles. The van der Waals surface area contributed by atoms with Crippen LogP contribution in [0.5, 0.6) is 0 Å². The Kier molecular flexibility index (Phi) is 8.14. The summed E-state index contributed by atoms with van der Waals surface area (Å²) in [6.07, 6.45) is 6.59. The monoisotopic (exact) mass is 353 g/mol. The fraction of sp³-hybridized carbons (Fsp3) is 0.842. The summed E-state index contributed by atoms with van der Waals surface area (Å²) in [7, 11) is -1.87. The smallest absolute Gasteiger partial charge is 0.192 e. The van der Waals surface area contributed by atoms with Gasteiger partial charge in [-0.25, -0.2) is 0 Å². The minimum atomic E-state index is -1.87. The first kappa shape index (κ1) is 21.4. The quantitative estimate of drug-likeness (QED) is 0.538. The van der Waals surface area contributed by atoms with E-state index in [0.29, 0.717) is 19.3 Å². The highest BCUT2D eigenvalue weighted by molar-refractivity contribution is 6.74. The molecule has 138 valence electrons. The highest BCUT2D eigenvalue weighted by atomic mass is 28.4. The third-order valence-corrected chi connectivity index (χ3v) is 9.81. The van der Waals surface area contributed by atoms with E-state index in [-0.39, 0.29) is 23.4 Å². The van der Waals surface area contributed by atoms with Crippen LogP contribution >= 0.6 is 0 Å². The Morgan fingerprint density at radius 1 is 1.29 bits per heavy atom. The molecule has 5 heteroatoms. The number of hydrogen-bond acceptors (Lipinski definition) is 4. The minimum absolute atomic E-state index is 0.0374. The van der Waals surface area contributed by atoms with Gasteiger partial charge >= 0.3 is 0 Å². The lowest BCUT2D eigenvalue weighted by Crippen LogP contribution is -2.48. The van der Waals surface area contributed by atoms with Gasteiger partial charge in [-0.15, -0.1) is 0 Å². The van der Waals surface area contributed by atoms with Crippen molar-refractivity contribution in [1.29, 1.82) is 5.26 Å². The lowest BCUT2D eigenvalue weighted by atomic mass is 10.1. The summed E-state index contributed by atoms with van der Waals surface area (Å²) in [5.74, 6) is 0. The molecule has 0 radical (unpaired) electrons. The summed E-state index contributed by atoms with van der Waals surface area (Å²) in [6.45, 7) is 13.4. The molecule has 1 rings (SSSR count). The molecule has 0 saturated heterocycles. The van der Waals surface area contributed by atoms with Crippen LogP contribution in [-0.4, -0.2) is 37.8 Å². The molecule has 4 atom stereocenters. The maximum absolute atomic E-state index is 10.3. The second-order valence-electron chi connectivity index (χ2n) is 8.24. The van der Waals surface area contributed by atoms with Crippen molar-refractivity contribution in [2.24, 2.45) is 0 Å². The molecule has 1 N–H and O–H groups in total. The number of rotatable bonds is 7. The van der Waals surface area contributed by atoms with Gasteiger partial charge in [0.25, 0.3) is 0 Å². The van der Waals surface area contributed by atoms with Gasteiger partial charge in [0.1, 0.15) is 0 Å². The summed E-state index contributed by atoms with van der Waals surface area (Å²) < 4.78 is 12.9. The van der Waals surface area contributed by atoms with Gasteiger partial charge in [0.15, 0.2) is 8.32 Å². The number of hydrogen-bond donors (Lipinski definition) is 1. The van der Waals surface area contributed by atoms with E-state index in [1.807, 2.05) is 0 Å². The molecule has 0 unspecified atom stereocenters. The Labute approximate surface area is 149 Å². The molecule has 1 aliphatic rings. The van der Waals surface area contributed by atoms with Gasteiger partial charge < -0.3 is 14.3 Å². The van der Waals surface area contributed by atoms with Crippen molar-refractivity contribution in [3.8, 4) is 6.07 Å². The number of aliphatic hydroxyl groups excluding tert-OH is 1. The third-order valence-electron chi connectivity index (χ3n) is 5.30. The van der Waals surface area contributed by atoms with Crippen molar-refractivity contribution in [3.05, 3.63) is 12.2 Å². The Morgan fingerprint density at radius 2 is 1.88 bits per heavy atom. The van der Waals surface area contributed by atoms with Crippen LogP contribution in [0.15, 0.2) is 12.2 Å². The van der Waals surface area contributed by atoms with Crippen molar-refractivity contribution in [2.45, 2.75) is 102 Å². The van der Waals surface area contributed by atoms with Gasteiger partial charge in [0.2, 0.25) is 0 Å². The van der Waals surface area contributed by atoms with Crippen molar-refractivity contribution >= 4 is 8.32 Å². The van der Waals surface area contributed by atoms with Crippen LogP contribution in [0.25, 0.3) is 0 Å². The van der Waals surface area contributed by atoms with E-state index < -0.39 is 14.4 Å². The molecule has 24 heavy (non-hydrogen) atoms. The second kappa shape index (κ2) is 9.14. The predicted molar refractivity (Wildman–Crippen MR) is 100 cm³/mol. The Hall–Kier alpha value is -0.673. The van der Waals surface area contributed by atoms with E-state index >= 15 is 0 Å². The Balaban J connectivity index is 2.81. The zero-order chi connectivity index (χ0) is 18.4. The molecule has 0 aliphatic carbocycles. The van der Waals surface area contributed by atoms with Gasteiger partial charge in [0.05, 0.1) is 30.5 Å². The van der Waals surface area contributed by atoms with Crippen molar-refractivity contribution < 1.29 is 14.3 Å². The van der Waals surface area contributed by atoms with Crippen LogP contribution in [0.4, 0.5) is 0 Å². The molecule has 0 spiro atoms. The molecule has 0 saturated carbocycles. The Morgan fingerprint density at radius 3 is 2.38 bits per heavy atom. The summed E-state index contributed by atoms with van der Waals surface area (Å²) in [5.41, 5.74) is 0. The standard InChI is InChI=1S/C19H35NO3Si/c1-7-16(23-24(5,6)19(2,3)4)18-13-9-8-12-17(22-18)15(21)11-10-14-20/h8-9,15-18,21H,7,10-13H2,1-6H3/t15-,16+,17+,18-/m0/s1. The highest BCUT2D eigenvalue weighted by Gasteiger charge is 2.41. The summed E-state index contributed by atoms with van der Waals surface area (Å²) in [4.78, 5) is 0. The van der Waals surface area contributed by atoms with Crippen LogP contribution < -0.4 is 0 Å². The zero-order valence-corrected chi connectivity index (χ0v) is 17.2. The molecule has 0 aromatic rings. The largest absolute Gasteiger partial charge is 0.411 e. The maximum Gasteiger partial charge on any atom is 0.192 e. The minimum Gasteiger partial charge on any atom is -0.411 e. The van der Waals surface area contributed by atoms with Crippen molar-refractivity contribution in [3.63, 3.8) is 0 Å². The number of ether oxygens (including phenoxy) is 1. The van der Waals surface area contributed by atoms with E-state index in [1.54, 1.807) is 0 Å². The molecule has 0 amide bonds. The third kappa shape index (κ3) is 6.00. The summed E-state index contributed by atoms with van der Waals surface area (Å²) in [6, 6.07) is 2.09. The van der Waals surface area contributed by atoms with Crippen LogP contribution in [0.3, 0.4) is 0 Å². The topological polar surface area (TPSA) is 62.5 Å². The maximum atomic E-state index is 10.3. The van der Waals surface area contributed by atoms with Crippen molar-refractivity contribution in [2.75, 3.05) is 0 Å². The van der Waals surface area contributed by atoms with Gasteiger partial charge in [-0.1, -0.05) is 39.8 Å². The Bertz CT molecular complexity index is 451. The predicted octanol–water partition coefficient (Wildman–Crippen LogP) is 4.56. The molecule has 0 aromatic heterocycles. The molecule has 0 fully saturated rings. The lowest BCUT2D eigenvalue weighted by Gasteiger charge is -2.41. The van der Waals surface area contributed by atoms with Gasteiger partial charge in [-0.05, 0) is 43.8 Å². The number of aliphatic hydroxyl groups is 1. The lowest BCUT2D eigenvalue weighted by molar-refractivity contribution is -0.109.